The predicted octanol–water partition coefficient (Wildman–Crippen LogP) is 7.54. The molecule has 0 saturated heterocycles. The summed E-state index contributed by atoms with van der Waals surface area (Å²) in [6.07, 6.45) is 22.8. The monoisotopic (exact) mass is 456 g/mol. The molecule has 32 heavy (non-hydrogen) atoms. The summed E-state index contributed by atoms with van der Waals surface area (Å²) in [6.45, 7) is 6.19. The van der Waals surface area contributed by atoms with E-state index >= 15 is 0 Å². The lowest BCUT2D eigenvalue weighted by atomic mass is 10.0. The van der Waals surface area contributed by atoms with Gasteiger partial charge in [-0.2, -0.15) is 0 Å². The lowest BCUT2D eigenvalue weighted by Gasteiger charge is -2.12. The van der Waals surface area contributed by atoms with E-state index in [4.69, 9.17) is 14.2 Å². The first-order valence-electron chi connectivity index (χ1n) is 13.5. The molecule has 5 heteroatoms. The summed E-state index contributed by atoms with van der Waals surface area (Å²) in [7, 11) is 0. The Bertz CT molecular complexity index is 424. The maximum Gasteiger partial charge on any atom is 0.332 e. The maximum absolute atomic E-state index is 11.6. The van der Waals surface area contributed by atoms with Crippen LogP contribution >= 0.6 is 0 Å². The van der Waals surface area contributed by atoms with Crippen LogP contribution in [-0.4, -0.2) is 37.9 Å². The Hall–Kier alpha value is -1.10. The van der Waals surface area contributed by atoms with E-state index in [9.17, 15) is 9.59 Å². The number of hydrogen-bond acceptors (Lipinski definition) is 5. The Morgan fingerprint density at radius 3 is 1.50 bits per heavy atom. The molecule has 0 aliphatic rings. The molecular formula is C27H52O5. The minimum absolute atomic E-state index is 0.113. The van der Waals surface area contributed by atoms with Crippen molar-refractivity contribution in [1.29, 1.82) is 0 Å². The molecule has 0 bridgehead atoms. The van der Waals surface area contributed by atoms with Gasteiger partial charge in [0.05, 0.1) is 12.7 Å². The fraction of sp³-hybridized carbons (Fsp3) is 0.926. The van der Waals surface area contributed by atoms with Crippen molar-refractivity contribution in [2.75, 3.05) is 19.8 Å². The highest BCUT2D eigenvalue weighted by molar-refractivity contribution is 5.73. The molecule has 0 rings (SSSR count). The second kappa shape index (κ2) is 24.5. The van der Waals surface area contributed by atoms with E-state index in [1.54, 1.807) is 0 Å². The number of rotatable bonds is 24. The molecule has 0 radical (unpaired) electrons. The summed E-state index contributed by atoms with van der Waals surface area (Å²) in [4.78, 5) is 23.1. The van der Waals surface area contributed by atoms with Crippen molar-refractivity contribution in [3.63, 3.8) is 0 Å². The molecule has 1 unspecified atom stereocenters. The van der Waals surface area contributed by atoms with Crippen molar-refractivity contribution in [3.05, 3.63) is 0 Å². The molecule has 1 atom stereocenters. The van der Waals surface area contributed by atoms with Crippen molar-refractivity contribution in [2.24, 2.45) is 0 Å². The van der Waals surface area contributed by atoms with Gasteiger partial charge in [-0.15, -0.1) is 0 Å². The molecule has 0 aliphatic carbocycles. The van der Waals surface area contributed by atoms with Crippen LogP contribution in [0.25, 0.3) is 0 Å². The normalized spacial score (nSPS) is 12.0. The Morgan fingerprint density at radius 2 is 1.03 bits per heavy atom. The first-order valence-corrected chi connectivity index (χ1v) is 13.5. The lowest BCUT2D eigenvalue weighted by molar-refractivity contribution is -0.158. The minimum Gasteiger partial charge on any atom is -0.464 e. The van der Waals surface area contributed by atoms with E-state index in [-0.39, 0.29) is 19.3 Å². The summed E-state index contributed by atoms with van der Waals surface area (Å²) in [5, 5.41) is 0. The average molecular weight is 457 g/mol. The number of carbonyl (C=O) groups is 2. The predicted molar refractivity (Wildman–Crippen MR) is 132 cm³/mol. The number of carbonyl (C=O) groups excluding carboxylic acids is 2. The molecule has 0 aromatic rings. The fourth-order valence-corrected chi connectivity index (χ4v) is 3.82. The van der Waals surface area contributed by atoms with Crippen LogP contribution in [-0.2, 0) is 23.8 Å². The number of unbranched alkanes of at least 4 members (excludes halogenated alkanes) is 15. The molecule has 5 nitrogen and oxygen atoms in total. The molecule has 0 amide bonds. The van der Waals surface area contributed by atoms with E-state index < -0.39 is 11.9 Å². The molecule has 0 aromatic heterocycles. The van der Waals surface area contributed by atoms with Crippen LogP contribution in [0.3, 0.4) is 0 Å². The van der Waals surface area contributed by atoms with Crippen LogP contribution in [0.1, 0.15) is 136 Å². The molecule has 0 aromatic carbocycles. The molecule has 0 heterocycles. The zero-order valence-electron chi connectivity index (χ0n) is 21.5. The van der Waals surface area contributed by atoms with Gasteiger partial charge in [0.15, 0.2) is 0 Å². The van der Waals surface area contributed by atoms with E-state index in [0.29, 0.717) is 6.61 Å². The molecule has 0 aliphatic heterocycles. The molecule has 0 N–H and O–H groups in total. The molecule has 190 valence electrons. The highest BCUT2D eigenvalue weighted by atomic mass is 16.6. The summed E-state index contributed by atoms with van der Waals surface area (Å²) < 4.78 is 15.4. The standard InChI is InChI=1S/C27H52O5/c1-4-6-7-8-9-10-11-12-13-14-15-16-17-18-19-20-22-31-26(28)23-30-24-27(29)32-25(3)21-5-2/h25H,4-24H2,1-3H3. The van der Waals surface area contributed by atoms with Crippen molar-refractivity contribution >= 4 is 11.9 Å². The fourth-order valence-electron chi connectivity index (χ4n) is 3.82. The second-order valence-electron chi connectivity index (χ2n) is 9.11. The Labute approximate surface area is 198 Å². The van der Waals surface area contributed by atoms with Gasteiger partial charge in [-0.25, -0.2) is 9.59 Å². The molecule has 0 fully saturated rings. The Morgan fingerprint density at radius 1 is 0.594 bits per heavy atom. The Kier molecular flexibility index (Phi) is 23.7. The van der Waals surface area contributed by atoms with Crippen LogP contribution in [0.2, 0.25) is 0 Å². The van der Waals surface area contributed by atoms with Gasteiger partial charge in [-0.1, -0.05) is 117 Å². The third kappa shape index (κ3) is 23.6. The van der Waals surface area contributed by atoms with Gasteiger partial charge in [-0.3, -0.25) is 0 Å². The number of ether oxygens (including phenoxy) is 3. The topological polar surface area (TPSA) is 61.8 Å². The van der Waals surface area contributed by atoms with E-state index in [2.05, 4.69) is 6.92 Å². The second-order valence-corrected chi connectivity index (χ2v) is 9.11. The number of hydrogen-bond donors (Lipinski definition) is 0. The van der Waals surface area contributed by atoms with Crippen molar-refractivity contribution in [1.82, 2.24) is 0 Å². The molecule has 0 saturated carbocycles. The van der Waals surface area contributed by atoms with Crippen LogP contribution in [0, 0.1) is 0 Å². The summed E-state index contributed by atoms with van der Waals surface area (Å²) >= 11 is 0. The van der Waals surface area contributed by atoms with Crippen LogP contribution in [0.4, 0.5) is 0 Å². The first-order chi connectivity index (χ1) is 15.6. The molecule has 0 spiro atoms. The van der Waals surface area contributed by atoms with Gasteiger partial charge >= 0.3 is 11.9 Å². The summed E-state index contributed by atoms with van der Waals surface area (Å²) in [6, 6.07) is 0. The zero-order valence-corrected chi connectivity index (χ0v) is 21.5. The van der Waals surface area contributed by atoms with E-state index in [1.165, 1.54) is 89.9 Å². The van der Waals surface area contributed by atoms with Gasteiger partial charge < -0.3 is 14.2 Å². The third-order valence-electron chi connectivity index (χ3n) is 5.73. The van der Waals surface area contributed by atoms with Crippen LogP contribution < -0.4 is 0 Å². The molecular weight excluding hydrogens is 404 g/mol. The first kappa shape index (κ1) is 30.9. The minimum atomic E-state index is -0.434. The van der Waals surface area contributed by atoms with E-state index in [1.807, 2.05) is 13.8 Å². The SMILES string of the molecule is CCCCCCCCCCCCCCCCCCOC(=O)COCC(=O)OC(C)CCC. The van der Waals surface area contributed by atoms with Gasteiger partial charge in [-0.05, 0) is 19.8 Å². The largest absolute Gasteiger partial charge is 0.464 e. The van der Waals surface area contributed by atoms with Gasteiger partial charge in [0.2, 0.25) is 0 Å². The summed E-state index contributed by atoms with van der Waals surface area (Å²) in [5.74, 6) is -0.850. The van der Waals surface area contributed by atoms with Crippen molar-refractivity contribution < 1.29 is 23.8 Å². The average Bonchev–Trinajstić information content (AvgIpc) is 2.76. The quantitative estimate of drug-likeness (QED) is 0.111. The summed E-state index contributed by atoms with van der Waals surface area (Å²) in [5.41, 5.74) is 0. The van der Waals surface area contributed by atoms with Gasteiger partial charge in [0, 0.05) is 0 Å². The number of esters is 2. The maximum atomic E-state index is 11.6. The third-order valence-corrected chi connectivity index (χ3v) is 5.73. The van der Waals surface area contributed by atoms with E-state index in [0.717, 1.165) is 25.7 Å². The van der Waals surface area contributed by atoms with Gasteiger partial charge in [0.25, 0.3) is 0 Å². The Balaban J connectivity index is 3.26. The van der Waals surface area contributed by atoms with Crippen LogP contribution in [0.5, 0.6) is 0 Å². The van der Waals surface area contributed by atoms with Gasteiger partial charge in [0.1, 0.15) is 13.2 Å². The van der Waals surface area contributed by atoms with Crippen molar-refractivity contribution in [3.8, 4) is 0 Å². The zero-order chi connectivity index (χ0) is 23.7. The van der Waals surface area contributed by atoms with Crippen LogP contribution in [0.15, 0.2) is 0 Å². The highest BCUT2D eigenvalue weighted by Crippen LogP contribution is 2.13. The lowest BCUT2D eigenvalue weighted by Crippen LogP contribution is -2.22. The highest BCUT2D eigenvalue weighted by Gasteiger charge is 2.10. The van der Waals surface area contributed by atoms with Crippen molar-refractivity contribution in [2.45, 2.75) is 142 Å². The smallest absolute Gasteiger partial charge is 0.332 e.